The number of hydrogen-bond donors (Lipinski definition) is 1. The number of aliphatic hydroxyl groups excluding tert-OH is 1. The Bertz CT molecular complexity index is 787. The fourth-order valence-corrected chi connectivity index (χ4v) is 6.83. The van der Waals surface area contributed by atoms with Gasteiger partial charge in [0.2, 0.25) is 0 Å². The Hall–Kier alpha value is -0.810. The van der Waals surface area contributed by atoms with Crippen LogP contribution in [0.2, 0.25) is 0 Å². The molecule has 9 heteroatoms. The first-order valence-corrected chi connectivity index (χ1v) is 14.3. The Morgan fingerprint density at radius 1 is 0.811 bits per heavy atom. The highest BCUT2D eigenvalue weighted by atomic mass is 16.6. The maximum Gasteiger partial charge on any atom is 0.326 e. The summed E-state index contributed by atoms with van der Waals surface area (Å²) in [4.78, 5) is 15.3. The van der Waals surface area contributed by atoms with Gasteiger partial charge >= 0.3 is 5.97 Å². The second-order valence-corrected chi connectivity index (χ2v) is 12.4. The lowest BCUT2D eigenvalue weighted by Crippen LogP contribution is -2.53. The van der Waals surface area contributed by atoms with Gasteiger partial charge in [0, 0.05) is 5.92 Å². The van der Waals surface area contributed by atoms with Gasteiger partial charge in [-0.05, 0) is 57.5 Å². The van der Waals surface area contributed by atoms with Crippen molar-refractivity contribution in [1.29, 1.82) is 0 Å². The maximum atomic E-state index is 13.4. The summed E-state index contributed by atoms with van der Waals surface area (Å²) in [5.74, 6) is 0.558. The maximum absolute atomic E-state index is 13.4. The van der Waals surface area contributed by atoms with Gasteiger partial charge < -0.3 is 33.5 Å². The van der Waals surface area contributed by atoms with Crippen molar-refractivity contribution < 1.29 is 38.3 Å². The normalized spacial score (nSPS) is 35.6. The summed E-state index contributed by atoms with van der Waals surface area (Å²) in [7, 11) is 3.73. The van der Waals surface area contributed by atoms with Crippen LogP contribution >= 0.6 is 0 Å². The standard InChI is InChI=1S/C28H47NO8/c1-7-15(18-10-32-18)23(17(9-30)37-27(31)28(3,4)29(5)6)25(21-13-35-21)26(22-14-36-22)24(20-12-34-20)16(8-2)19-11-33-19/h15-26,30H,7-14H2,1-6H3/t15-,16+,17?,18?,19?,20?,21?,22?,23?,24?,25?,26?/m1/s1. The first kappa shape index (κ1) is 27.7. The lowest BCUT2D eigenvalue weighted by Gasteiger charge is -2.44. The van der Waals surface area contributed by atoms with E-state index in [1.807, 2.05) is 32.8 Å². The van der Waals surface area contributed by atoms with E-state index >= 15 is 0 Å². The van der Waals surface area contributed by atoms with Gasteiger partial charge in [-0.2, -0.15) is 0 Å². The second-order valence-electron chi connectivity index (χ2n) is 12.4. The van der Waals surface area contributed by atoms with Crippen molar-refractivity contribution in [2.24, 2.45) is 35.5 Å². The molecular weight excluding hydrogens is 478 g/mol. The van der Waals surface area contributed by atoms with Crippen LogP contribution in [0.1, 0.15) is 40.5 Å². The Morgan fingerprint density at radius 2 is 1.24 bits per heavy atom. The van der Waals surface area contributed by atoms with Crippen molar-refractivity contribution in [3.05, 3.63) is 0 Å². The number of epoxide rings is 5. The van der Waals surface area contributed by atoms with Crippen LogP contribution < -0.4 is 0 Å². The van der Waals surface area contributed by atoms with Crippen LogP contribution in [0.4, 0.5) is 0 Å². The number of likely N-dealkylation sites (N-methyl/N-ethyl adjacent to an activating group) is 1. The molecule has 0 amide bonds. The Balaban J connectivity index is 1.51. The van der Waals surface area contributed by atoms with Gasteiger partial charge in [0.15, 0.2) is 0 Å². The molecule has 5 heterocycles. The van der Waals surface area contributed by atoms with E-state index < -0.39 is 11.6 Å². The summed E-state index contributed by atoms with van der Waals surface area (Å²) in [5, 5.41) is 10.7. The van der Waals surface area contributed by atoms with Crippen molar-refractivity contribution >= 4 is 5.97 Å². The van der Waals surface area contributed by atoms with E-state index in [-0.39, 0.29) is 72.7 Å². The van der Waals surface area contributed by atoms with Crippen LogP contribution in [0.3, 0.4) is 0 Å². The van der Waals surface area contributed by atoms with Crippen LogP contribution in [0, 0.1) is 35.5 Å². The molecule has 0 radical (unpaired) electrons. The number of hydrogen-bond acceptors (Lipinski definition) is 9. The fourth-order valence-electron chi connectivity index (χ4n) is 6.83. The van der Waals surface area contributed by atoms with Gasteiger partial charge in [0.05, 0.1) is 70.2 Å². The van der Waals surface area contributed by atoms with E-state index in [9.17, 15) is 9.90 Å². The summed E-state index contributed by atoms with van der Waals surface area (Å²) in [6.07, 6.45) is 1.94. The van der Waals surface area contributed by atoms with Crippen molar-refractivity contribution in [1.82, 2.24) is 4.90 Å². The smallest absolute Gasteiger partial charge is 0.326 e. The molecule has 212 valence electrons. The third kappa shape index (κ3) is 6.03. The van der Waals surface area contributed by atoms with E-state index in [1.54, 1.807) is 0 Å². The predicted molar refractivity (Wildman–Crippen MR) is 135 cm³/mol. The third-order valence-electron chi connectivity index (χ3n) is 9.79. The van der Waals surface area contributed by atoms with Gasteiger partial charge in [0.1, 0.15) is 11.6 Å². The molecule has 5 rings (SSSR count). The summed E-state index contributed by atoms with van der Waals surface area (Å²) < 4.78 is 36.0. The number of carbonyl (C=O) groups excluding carboxylic acids is 1. The van der Waals surface area contributed by atoms with Gasteiger partial charge in [-0.3, -0.25) is 9.69 Å². The van der Waals surface area contributed by atoms with Crippen molar-refractivity contribution in [2.45, 2.75) is 82.7 Å². The second kappa shape index (κ2) is 11.0. The van der Waals surface area contributed by atoms with Crippen molar-refractivity contribution in [3.63, 3.8) is 0 Å². The molecular formula is C28H47NO8. The topological polar surface area (TPSA) is 112 Å². The largest absolute Gasteiger partial charge is 0.458 e. The van der Waals surface area contributed by atoms with E-state index in [2.05, 4.69) is 13.8 Å². The van der Waals surface area contributed by atoms with Crippen LogP contribution in [0.25, 0.3) is 0 Å². The zero-order valence-electron chi connectivity index (χ0n) is 23.3. The third-order valence-corrected chi connectivity index (χ3v) is 9.79. The van der Waals surface area contributed by atoms with Crippen LogP contribution in [0.15, 0.2) is 0 Å². The number of rotatable bonds is 17. The number of esters is 1. The highest BCUT2D eigenvalue weighted by Gasteiger charge is 2.61. The minimum atomic E-state index is -0.818. The summed E-state index contributed by atoms with van der Waals surface area (Å²) >= 11 is 0. The molecule has 5 saturated heterocycles. The average Bonchev–Trinajstić information content (AvgIpc) is 3.70. The molecule has 5 aliphatic heterocycles. The number of carbonyl (C=O) groups is 1. The molecule has 5 aliphatic rings. The van der Waals surface area contributed by atoms with Crippen molar-refractivity contribution in [3.8, 4) is 0 Å². The molecule has 0 aromatic carbocycles. The van der Waals surface area contributed by atoms with E-state index in [0.29, 0.717) is 19.1 Å². The van der Waals surface area contributed by atoms with Crippen molar-refractivity contribution in [2.75, 3.05) is 53.7 Å². The molecule has 0 bridgehead atoms. The lowest BCUT2D eigenvalue weighted by molar-refractivity contribution is -0.171. The highest BCUT2D eigenvalue weighted by Crippen LogP contribution is 2.54. The first-order valence-electron chi connectivity index (χ1n) is 14.3. The SMILES string of the molecule is CC[C@H](C1CO1)C(C(CO)OC(=O)C(C)(C)N(C)C)C(C1CO1)C(C1CO1)C(C1CO1)[C@@H](CC)C1CO1. The number of aliphatic hydroxyl groups is 1. The zero-order valence-corrected chi connectivity index (χ0v) is 23.3. The number of ether oxygens (including phenoxy) is 6. The van der Waals surface area contributed by atoms with E-state index in [4.69, 9.17) is 28.4 Å². The van der Waals surface area contributed by atoms with E-state index in [0.717, 1.165) is 32.7 Å². The molecule has 1 N–H and O–H groups in total. The average molecular weight is 526 g/mol. The van der Waals surface area contributed by atoms with Crippen LogP contribution in [0.5, 0.6) is 0 Å². The molecule has 9 nitrogen and oxygen atoms in total. The van der Waals surface area contributed by atoms with Gasteiger partial charge in [-0.15, -0.1) is 0 Å². The summed E-state index contributed by atoms with van der Waals surface area (Å²) in [6.45, 7) is 11.5. The monoisotopic (exact) mass is 525 g/mol. The Morgan fingerprint density at radius 3 is 1.65 bits per heavy atom. The van der Waals surface area contributed by atoms with Crippen LogP contribution in [-0.4, -0.2) is 112 Å². The van der Waals surface area contributed by atoms with Gasteiger partial charge in [-0.1, -0.05) is 26.7 Å². The summed E-state index contributed by atoms with van der Waals surface area (Å²) in [6, 6.07) is 0. The molecule has 0 aliphatic carbocycles. The van der Waals surface area contributed by atoms with E-state index in [1.165, 1.54) is 0 Å². The first-order chi connectivity index (χ1) is 17.7. The number of nitrogens with zero attached hydrogens (tertiary/aromatic N) is 1. The van der Waals surface area contributed by atoms with Crippen LogP contribution in [-0.2, 0) is 33.2 Å². The molecule has 0 aromatic rings. The molecule has 12 atom stereocenters. The minimum Gasteiger partial charge on any atom is -0.458 e. The lowest BCUT2D eigenvalue weighted by atomic mass is 9.61. The highest BCUT2D eigenvalue weighted by molar-refractivity contribution is 5.79. The summed E-state index contributed by atoms with van der Waals surface area (Å²) in [5.41, 5.74) is -0.818. The molecule has 10 unspecified atom stereocenters. The van der Waals surface area contributed by atoms with Gasteiger partial charge in [-0.25, -0.2) is 0 Å². The molecule has 5 fully saturated rings. The Kier molecular flexibility index (Phi) is 8.24. The predicted octanol–water partition coefficient (Wildman–Crippen LogP) is 1.74. The molecule has 0 saturated carbocycles. The molecule has 0 spiro atoms. The van der Waals surface area contributed by atoms with Gasteiger partial charge in [0.25, 0.3) is 0 Å². The molecule has 0 aromatic heterocycles. The fraction of sp³-hybridized carbons (Fsp3) is 0.964. The zero-order chi connectivity index (χ0) is 26.5. The quantitative estimate of drug-likeness (QED) is 0.224. The molecule has 37 heavy (non-hydrogen) atoms. The Labute approximate surface area is 221 Å². The minimum absolute atomic E-state index is 0.0421.